The second kappa shape index (κ2) is 45.6. The Bertz CT molecular complexity index is 4220. The molecule has 114 heavy (non-hydrogen) atoms. The molecule has 1 aliphatic rings. The molecule has 38 nitrogen and oxygen atoms in total. The van der Waals surface area contributed by atoms with Crippen LogP contribution in [0.4, 0.5) is 4.39 Å². The van der Waals surface area contributed by atoms with E-state index in [0.717, 1.165) is 29.8 Å². The number of aromatic amines is 1. The van der Waals surface area contributed by atoms with Crippen molar-refractivity contribution in [1.82, 2.24) is 84.7 Å². The summed E-state index contributed by atoms with van der Waals surface area (Å²) in [4.78, 5) is 180. The van der Waals surface area contributed by atoms with Gasteiger partial charge in [0.1, 0.15) is 72.3 Å². The maximum absolute atomic E-state index is 15.4. The van der Waals surface area contributed by atoms with Crippen molar-refractivity contribution in [2.45, 2.75) is 196 Å². The summed E-state index contributed by atoms with van der Waals surface area (Å²) >= 11 is 0. The van der Waals surface area contributed by atoms with Crippen molar-refractivity contribution in [3.63, 3.8) is 0 Å². The van der Waals surface area contributed by atoms with Crippen LogP contribution in [0.3, 0.4) is 0 Å². The molecule has 0 aliphatic carbocycles. The summed E-state index contributed by atoms with van der Waals surface area (Å²) in [6.45, 7) is 4.08. The fourth-order valence-electron chi connectivity index (χ4n) is 12.5. The summed E-state index contributed by atoms with van der Waals surface area (Å²) in [5, 5.41) is 84.0. The number of hydrogen-bond acceptors (Lipinski definition) is 17. The molecular formula is C75H108FN25O13. The van der Waals surface area contributed by atoms with Gasteiger partial charge in [0.25, 0.3) is 0 Å². The number of aliphatic hydroxyl groups is 1. The first-order valence-electron chi connectivity index (χ1n) is 37.7. The van der Waals surface area contributed by atoms with Crippen molar-refractivity contribution in [2.24, 2.45) is 28.7 Å². The molecule has 1 fully saturated rings. The van der Waals surface area contributed by atoms with E-state index in [0.29, 0.717) is 34.0 Å². The summed E-state index contributed by atoms with van der Waals surface area (Å²) in [5.41, 5.74) is 29.9. The lowest BCUT2D eigenvalue weighted by molar-refractivity contribution is -0.137. The molecule has 0 spiro atoms. The zero-order valence-electron chi connectivity index (χ0n) is 63.9. The number of carbonyl (C=O) groups excluding carboxylic acids is 12. The van der Waals surface area contributed by atoms with Gasteiger partial charge < -0.3 is 119 Å². The smallest absolute Gasteiger partial charge is 0.245 e. The molecule has 0 saturated carbocycles. The van der Waals surface area contributed by atoms with Crippen LogP contribution in [0.1, 0.15) is 121 Å². The van der Waals surface area contributed by atoms with Gasteiger partial charge in [0, 0.05) is 69.0 Å². The molecule has 12 amide bonds. The van der Waals surface area contributed by atoms with Crippen molar-refractivity contribution in [3.05, 3.63) is 120 Å². The van der Waals surface area contributed by atoms with Gasteiger partial charge in [-0.1, -0.05) is 92.6 Å². The number of H-pyrrole nitrogens is 1. The number of carbonyl (C=O) groups is 12. The van der Waals surface area contributed by atoms with Crippen LogP contribution < -0.4 is 108 Å². The van der Waals surface area contributed by atoms with E-state index in [1.54, 1.807) is 61.7 Å². The number of hydrogen-bond donors (Lipinski definition) is 26. The van der Waals surface area contributed by atoms with Crippen molar-refractivity contribution < 1.29 is 67.0 Å². The van der Waals surface area contributed by atoms with Crippen LogP contribution in [-0.2, 0) is 76.8 Å². The lowest BCUT2D eigenvalue weighted by Crippen LogP contribution is -2.62. The molecule has 1 saturated heterocycles. The van der Waals surface area contributed by atoms with Crippen LogP contribution >= 0.6 is 0 Å². The minimum absolute atomic E-state index is 0.0129. The number of benzene rings is 4. The Balaban J connectivity index is 1.53. The summed E-state index contributed by atoms with van der Waals surface area (Å²) in [5.74, 6) is -14.6. The van der Waals surface area contributed by atoms with Crippen molar-refractivity contribution in [3.8, 4) is 0 Å². The normalized spacial score (nSPS) is 22.0. The minimum atomic E-state index is -1.89. The van der Waals surface area contributed by atoms with Gasteiger partial charge in [0.05, 0.1) is 6.10 Å². The zero-order valence-corrected chi connectivity index (χ0v) is 63.9. The molecule has 6 rings (SSSR count). The Hall–Kier alpha value is -12.7. The number of fused-ring (bicyclic) bond motifs is 2. The maximum atomic E-state index is 15.4. The third-order valence-corrected chi connectivity index (χ3v) is 18.7. The second-order valence-electron chi connectivity index (χ2n) is 27.9. The number of guanidine groups is 4. The third-order valence-electron chi connectivity index (χ3n) is 18.7. The number of halogens is 1. The highest BCUT2D eigenvalue weighted by Gasteiger charge is 2.38. The average Bonchev–Trinajstić information content (AvgIpc) is 1.59. The molecule has 4 aromatic carbocycles. The van der Waals surface area contributed by atoms with E-state index in [-0.39, 0.29) is 110 Å². The first-order chi connectivity index (χ1) is 54.3. The average molecular weight is 1590 g/mol. The Morgan fingerprint density at radius 3 is 1.22 bits per heavy atom. The van der Waals surface area contributed by atoms with E-state index in [1.807, 2.05) is 18.2 Å². The minimum Gasteiger partial charge on any atom is -0.391 e. The number of rotatable bonds is 29. The van der Waals surface area contributed by atoms with Gasteiger partial charge in [-0.2, -0.15) is 0 Å². The lowest BCUT2D eigenvalue weighted by atomic mass is 9.99. The number of aliphatic hydroxyl groups excluding tert-OH is 1. The first-order valence-corrected chi connectivity index (χ1v) is 37.7. The van der Waals surface area contributed by atoms with Gasteiger partial charge in [-0.3, -0.25) is 79.2 Å². The molecule has 39 heteroatoms. The summed E-state index contributed by atoms with van der Waals surface area (Å²) < 4.78 is 14.6. The summed E-state index contributed by atoms with van der Waals surface area (Å²) in [6, 6.07) is 6.35. The van der Waals surface area contributed by atoms with Crippen LogP contribution in [-0.4, -0.2) is 204 Å². The number of aromatic nitrogens is 1. The SMILES string of the molecule is CCCC[C@H]1NC(=O)[C@H](Cc2ccc(F)cc2)NC(=O)[C@H](CCCNC(=N)N)NC(=O)[C@@H](Cc2ccc3ccccc3c2)NC(=O)[C@H](CCCNC(=N)N)NC(=O)[C@H](CCCNC(=N)N)NC(=O)[C@H](CCCNC(=N)N)NC(=O)[C@@H](C)NC(=O)[C@H]([C@@H](C)O)NC(=O)[C@H](Cc2c[nH]c3ccccc23)NC(=O)[C@H](CCC(N)=O)NC1=O. The van der Waals surface area contributed by atoms with Crippen molar-refractivity contribution in [1.29, 1.82) is 21.6 Å². The van der Waals surface area contributed by atoms with Crippen molar-refractivity contribution in [2.75, 3.05) is 26.2 Å². The third kappa shape index (κ3) is 30.2. The number of para-hydroxylation sites is 1. The molecule has 0 radical (unpaired) electrons. The standard InChI is InChI=1S/C75H108FN25O13/c1-4-5-17-50-62(105)97-55(29-30-59(77)103)67(110)100-58(38-46-39-90-49-18-9-8-16-48(46)49)70(113)101-60(41(3)102)71(114)91-40(2)61(104)92-51(19-10-31-86-72(78)79)63(106)93-52(20-11-32-87-73(80)81)64(107)94-53(21-12-33-88-74(82)83)65(108)99-57(37-43-23-26-44-14-6-7-15-45(44)35-43)69(112)96-54(22-13-34-89-75(84)85)66(109)98-56(68(111)95-50)36-42-24-27-47(76)28-25-42/h6-9,14-16,18,23-28,35,39-41,50-58,60,90,102H,4-5,10-13,17,19-22,29-34,36-38H2,1-3H3,(H2,77,103)(H,91,114)(H,92,104)(H,93,106)(H,94,107)(H,95,111)(H,96,112)(H,97,105)(H,98,109)(H,99,108)(H,100,110)(H,101,113)(H4,78,79,86)(H4,80,81,87)(H4,82,83,88)(H4,84,85,89)/t40-,41-,50-,51+,52+,53+,54+,55+,56+,57-,58+,60+/m1/s1. The van der Waals surface area contributed by atoms with E-state index in [1.165, 1.54) is 19.1 Å². The van der Waals surface area contributed by atoms with Crippen molar-refractivity contribution >= 4 is 116 Å². The van der Waals surface area contributed by atoms with Crippen LogP contribution in [0, 0.1) is 27.5 Å². The predicted molar refractivity (Wildman–Crippen MR) is 423 cm³/mol. The fraction of sp³-hybridized carbons (Fsp3) is 0.467. The molecule has 0 unspecified atom stereocenters. The number of unbranched alkanes of at least 4 members (excludes halogenated alkanes) is 1. The molecule has 2 heterocycles. The van der Waals surface area contributed by atoms with Gasteiger partial charge in [0.2, 0.25) is 70.9 Å². The van der Waals surface area contributed by atoms with Crippen LogP contribution in [0.15, 0.2) is 97.2 Å². The van der Waals surface area contributed by atoms with Crippen LogP contribution in [0.25, 0.3) is 21.7 Å². The van der Waals surface area contributed by atoms with Gasteiger partial charge in [-0.15, -0.1) is 0 Å². The lowest BCUT2D eigenvalue weighted by Gasteiger charge is -2.29. The van der Waals surface area contributed by atoms with Crippen LogP contribution in [0.2, 0.25) is 0 Å². The highest BCUT2D eigenvalue weighted by molar-refractivity contribution is 6.01. The number of primary amides is 1. The molecule has 31 N–H and O–H groups in total. The highest BCUT2D eigenvalue weighted by Crippen LogP contribution is 2.22. The Morgan fingerprint density at radius 1 is 0.430 bits per heavy atom. The molecule has 12 atom stereocenters. The molecule has 1 aliphatic heterocycles. The van der Waals surface area contributed by atoms with Gasteiger partial charge in [-0.25, -0.2) is 4.39 Å². The van der Waals surface area contributed by atoms with Gasteiger partial charge in [0.15, 0.2) is 23.8 Å². The monoisotopic (exact) mass is 1590 g/mol. The largest absolute Gasteiger partial charge is 0.391 e. The Morgan fingerprint density at radius 2 is 0.789 bits per heavy atom. The van der Waals surface area contributed by atoms with E-state index in [2.05, 4.69) is 84.7 Å². The summed E-state index contributed by atoms with van der Waals surface area (Å²) in [7, 11) is 0. The quantitative estimate of drug-likeness (QED) is 0.0127. The van der Waals surface area contributed by atoms with E-state index >= 15 is 24.0 Å². The predicted octanol–water partition coefficient (Wildman–Crippen LogP) is -3.26. The second-order valence-corrected chi connectivity index (χ2v) is 27.9. The first kappa shape index (κ1) is 90.2. The fourth-order valence-corrected chi connectivity index (χ4v) is 12.5. The molecule has 0 bridgehead atoms. The topological polar surface area (TPSA) is 647 Å². The van der Waals surface area contributed by atoms with Gasteiger partial charge in [-0.05, 0) is 124 Å². The van der Waals surface area contributed by atoms with Crippen LogP contribution in [0.5, 0.6) is 0 Å². The highest BCUT2D eigenvalue weighted by atomic mass is 19.1. The molecule has 618 valence electrons. The number of nitrogens with one attached hydrogen (secondary N) is 20. The van der Waals surface area contributed by atoms with E-state index in [9.17, 15) is 43.1 Å². The van der Waals surface area contributed by atoms with Gasteiger partial charge >= 0.3 is 0 Å². The number of nitrogens with two attached hydrogens (primary N) is 5. The molecule has 5 aromatic rings. The maximum Gasteiger partial charge on any atom is 0.245 e. The Kier molecular flexibility index (Phi) is 36.1. The molecule has 1 aromatic heterocycles. The number of amides is 12. The zero-order chi connectivity index (χ0) is 83.6. The summed E-state index contributed by atoms with van der Waals surface area (Å²) in [6.07, 6.45) is -2.39. The molecular weight excluding hydrogens is 1480 g/mol. The van der Waals surface area contributed by atoms with E-state index in [4.69, 9.17) is 50.3 Å². The Labute approximate surface area is 657 Å². The van der Waals surface area contributed by atoms with E-state index < -0.39 is 186 Å².